The van der Waals surface area contributed by atoms with E-state index in [1.165, 1.54) is 43.6 Å². The molecule has 3 heteroatoms. The summed E-state index contributed by atoms with van der Waals surface area (Å²) in [6.07, 6.45) is 3.75. The molecule has 0 saturated carbocycles. The van der Waals surface area contributed by atoms with Crippen LogP contribution < -0.4 is 10.1 Å². The Kier molecular flexibility index (Phi) is 4.58. The van der Waals surface area contributed by atoms with Crippen molar-refractivity contribution in [1.29, 1.82) is 0 Å². The number of hydrogen-bond donors (Lipinski definition) is 1. The normalized spacial score (nSPS) is 19.9. The average molecular weight is 274 g/mol. The summed E-state index contributed by atoms with van der Waals surface area (Å²) in [5, 5.41) is 3.48. The first-order chi connectivity index (χ1) is 9.85. The topological polar surface area (TPSA) is 24.5 Å². The van der Waals surface area contributed by atoms with Crippen LogP contribution in [0, 0.1) is 5.92 Å². The molecule has 110 valence electrons. The van der Waals surface area contributed by atoms with Gasteiger partial charge in [0.25, 0.3) is 0 Å². The Hall–Kier alpha value is -1.06. The van der Waals surface area contributed by atoms with Crippen LogP contribution in [0.2, 0.25) is 0 Å². The number of likely N-dealkylation sites (tertiary alicyclic amines) is 1. The van der Waals surface area contributed by atoms with Gasteiger partial charge in [-0.1, -0.05) is 19.1 Å². The summed E-state index contributed by atoms with van der Waals surface area (Å²) in [4.78, 5) is 2.60. The van der Waals surface area contributed by atoms with E-state index in [4.69, 9.17) is 4.74 Å². The Labute approximate surface area is 122 Å². The first-order valence-electron chi connectivity index (χ1n) is 8.03. The number of piperidine rings is 1. The molecule has 3 nitrogen and oxygen atoms in total. The highest BCUT2D eigenvalue weighted by molar-refractivity contribution is 5.39. The van der Waals surface area contributed by atoms with Crippen molar-refractivity contribution < 1.29 is 4.74 Å². The van der Waals surface area contributed by atoms with Crippen LogP contribution in [0.4, 0.5) is 0 Å². The molecule has 2 heterocycles. The van der Waals surface area contributed by atoms with Crippen molar-refractivity contribution in [2.45, 2.75) is 32.7 Å². The molecule has 0 unspecified atom stereocenters. The number of benzene rings is 1. The molecule has 0 atom stereocenters. The van der Waals surface area contributed by atoms with Gasteiger partial charge in [-0.05, 0) is 62.1 Å². The van der Waals surface area contributed by atoms with Crippen LogP contribution >= 0.6 is 0 Å². The van der Waals surface area contributed by atoms with Crippen molar-refractivity contribution in [2.24, 2.45) is 5.92 Å². The van der Waals surface area contributed by atoms with Gasteiger partial charge in [0.05, 0.1) is 6.61 Å². The van der Waals surface area contributed by atoms with E-state index in [9.17, 15) is 0 Å². The first kappa shape index (κ1) is 13.9. The molecule has 0 bridgehead atoms. The van der Waals surface area contributed by atoms with Crippen molar-refractivity contribution in [3.8, 4) is 5.75 Å². The summed E-state index contributed by atoms with van der Waals surface area (Å²) in [7, 11) is 0. The Morgan fingerprint density at radius 3 is 2.95 bits per heavy atom. The lowest BCUT2D eigenvalue weighted by molar-refractivity contribution is 0.176. The second kappa shape index (κ2) is 6.59. The van der Waals surface area contributed by atoms with Crippen molar-refractivity contribution in [1.82, 2.24) is 10.2 Å². The monoisotopic (exact) mass is 274 g/mol. The number of nitrogens with one attached hydrogen (secondary N) is 1. The minimum Gasteiger partial charge on any atom is -0.493 e. The molecular formula is C17H26N2O. The molecule has 2 aliphatic rings. The van der Waals surface area contributed by atoms with E-state index < -0.39 is 0 Å². The molecule has 1 N–H and O–H groups in total. The Morgan fingerprint density at radius 1 is 1.30 bits per heavy atom. The Morgan fingerprint density at radius 2 is 2.15 bits per heavy atom. The highest BCUT2D eigenvalue weighted by Gasteiger charge is 2.19. The third-order valence-corrected chi connectivity index (χ3v) is 4.55. The Bertz CT molecular complexity index is 439. The fraction of sp³-hybridized carbons (Fsp3) is 0.647. The molecule has 1 aromatic carbocycles. The van der Waals surface area contributed by atoms with Crippen LogP contribution in [0.3, 0.4) is 0 Å². The van der Waals surface area contributed by atoms with Gasteiger partial charge in [0, 0.05) is 13.0 Å². The maximum Gasteiger partial charge on any atom is 0.122 e. The number of hydrogen-bond acceptors (Lipinski definition) is 3. The van der Waals surface area contributed by atoms with Crippen molar-refractivity contribution in [3.63, 3.8) is 0 Å². The van der Waals surface area contributed by atoms with Crippen molar-refractivity contribution in [2.75, 3.05) is 32.8 Å². The van der Waals surface area contributed by atoms with Gasteiger partial charge in [0.1, 0.15) is 5.75 Å². The lowest BCUT2D eigenvalue weighted by atomic mass is 9.96. The lowest BCUT2D eigenvalue weighted by Crippen LogP contribution is -2.36. The predicted octanol–water partition coefficient (Wildman–Crippen LogP) is 2.44. The summed E-state index contributed by atoms with van der Waals surface area (Å²) < 4.78 is 5.57. The third-order valence-electron chi connectivity index (χ3n) is 4.55. The first-order valence-corrected chi connectivity index (χ1v) is 8.03. The van der Waals surface area contributed by atoms with Crippen molar-refractivity contribution in [3.05, 3.63) is 29.3 Å². The molecule has 3 rings (SSSR count). The predicted molar refractivity (Wildman–Crippen MR) is 82.2 cm³/mol. The maximum absolute atomic E-state index is 5.57. The number of nitrogens with zero attached hydrogens (tertiary/aromatic N) is 1. The van der Waals surface area contributed by atoms with E-state index >= 15 is 0 Å². The van der Waals surface area contributed by atoms with Gasteiger partial charge in [0.2, 0.25) is 0 Å². The van der Waals surface area contributed by atoms with Crippen LogP contribution in [0.5, 0.6) is 5.75 Å². The maximum atomic E-state index is 5.57. The van der Waals surface area contributed by atoms with Gasteiger partial charge in [0.15, 0.2) is 0 Å². The van der Waals surface area contributed by atoms with Gasteiger partial charge < -0.3 is 10.1 Å². The zero-order valence-corrected chi connectivity index (χ0v) is 12.5. The van der Waals surface area contributed by atoms with Gasteiger partial charge in [-0.15, -0.1) is 0 Å². The fourth-order valence-electron chi connectivity index (χ4n) is 3.29. The number of ether oxygens (including phenoxy) is 1. The molecule has 0 aliphatic carbocycles. The molecular weight excluding hydrogens is 248 g/mol. The minimum absolute atomic E-state index is 0.856. The Balaban J connectivity index is 1.50. The van der Waals surface area contributed by atoms with E-state index in [-0.39, 0.29) is 0 Å². The van der Waals surface area contributed by atoms with Gasteiger partial charge in [-0.2, -0.15) is 0 Å². The van der Waals surface area contributed by atoms with Crippen molar-refractivity contribution >= 4 is 0 Å². The largest absolute Gasteiger partial charge is 0.493 e. The van der Waals surface area contributed by atoms with Crippen LogP contribution in [0.1, 0.15) is 30.9 Å². The highest BCUT2D eigenvalue weighted by Crippen LogP contribution is 2.27. The van der Waals surface area contributed by atoms with Crippen LogP contribution in [0.25, 0.3) is 0 Å². The second-order valence-corrected chi connectivity index (χ2v) is 6.07. The van der Waals surface area contributed by atoms with Gasteiger partial charge in [-0.3, -0.25) is 4.90 Å². The lowest BCUT2D eigenvalue weighted by Gasteiger charge is -2.32. The third kappa shape index (κ3) is 3.33. The molecule has 20 heavy (non-hydrogen) atoms. The summed E-state index contributed by atoms with van der Waals surface area (Å²) in [6, 6.07) is 6.72. The summed E-state index contributed by atoms with van der Waals surface area (Å²) in [5.74, 6) is 1.97. The summed E-state index contributed by atoms with van der Waals surface area (Å²) in [6.45, 7) is 8.91. The molecule has 1 saturated heterocycles. The van der Waals surface area contributed by atoms with E-state index in [0.717, 1.165) is 37.8 Å². The SMILES string of the molecule is CCNCC1CCN(Cc2ccc3c(c2)CCO3)CC1. The zero-order valence-electron chi connectivity index (χ0n) is 12.5. The van der Waals surface area contributed by atoms with E-state index in [1.54, 1.807) is 0 Å². The minimum atomic E-state index is 0.856. The molecule has 2 aliphatic heterocycles. The molecule has 1 aromatic rings. The van der Waals surface area contributed by atoms with E-state index in [0.29, 0.717) is 0 Å². The number of fused-ring (bicyclic) bond motifs is 1. The summed E-state index contributed by atoms with van der Waals surface area (Å²) in [5.41, 5.74) is 2.84. The average Bonchev–Trinajstić information content (AvgIpc) is 2.94. The molecule has 0 spiro atoms. The molecule has 0 amide bonds. The molecule has 0 radical (unpaired) electrons. The molecule has 0 aromatic heterocycles. The smallest absolute Gasteiger partial charge is 0.122 e. The zero-order chi connectivity index (χ0) is 13.8. The number of rotatable bonds is 5. The van der Waals surface area contributed by atoms with E-state index in [2.05, 4.69) is 35.3 Å². The summed E-state index contributed by atoms with van der Waals surface area (Å²) >= 11 is 0. The van der Waals surface area contributed by atoms with E-state index in [1.807, 2.05) is 0 Å². The highest BCUT2D eigenvalue weighted by atomic mass is 16.5. The molecule has 1 fully saturated rings. The quantitative estimate of drug-likeness (QED) is 0.892. The second-order valence-electron chi connectivity index (χ2n) is 6.07. The van der Waals surface area contributed by atoms with Gasteiger partial charge in [-0.25, -0.2) is 0 Å². The van der Waals surface area contributed by atoms with Crippen LogP contribution in [-0.4, -0.2) is 37.7 Å². The fourth-order valence-corrected chi connectivity index (χ4v) is 3.29. The van der Waals surface area contributed by atoms with Gasteiger partial charge >= 0.3 is 0 Å². The standard InChI is InChI=1S/C17H26N2O/c1-2-18-12-14-5-8-19(9-6-14)13-15-3-4-17-16(11-15)7-10-20-17/h3-4,11,14,18H,2,5-10,12-13H2,1H3. The van der Waals surface area contributed by atoms with Crippen LogP contribution in [-0.2, 0) is 13.0 Å². The van der Waals surface area contributed by atoms with Crippen LogP contribution in [0.15, 0.2) is 18.2 Å².